The third-order valence-electron chi connectivity index (χ3n) is 7.07. The molecule has 4 aromatic heterocycles. The maximum Gasteiger partial charge on any atom is 0.295 e. The molecule has 1 aromatic carbocycles. The molecule has 0 saturated carbocycles. The Morgan fingerprint density at radius 2 is 1.88 bits per heavy atom. The Morgan fingerprint density at radius 3 is 2.56 bits per heavy atom. The Labute approximate surface area is 234 Å². The van der Waals surface area contributed by atoms with Crippen molar-refractivity contribution < 1.29 is 14.3 Å². The first-order valence-corrected chi connectivity index (χ1v) is 13.0. The molecule has 0 atom stereocenters. The second-order valence-corrected chi connectivity index (χ2v) is 9.53. The van der Waals surface area contributed by atoms with Crippen LogP contribution >= 0.6 is 0 Å². The summed E-state index contributed by atoms with van der Waals surface area (Å²) in [5.74, 6) is 0.146. The van der Waals surface area contributed by atoms with Gasteiger partial charge in [0.2, 0.25) is 0 Å². The van der Waals surface area contributed by atoms with Crippen molar-refractivity contribution >= 4 is 28.3 Å². The number of carbonyl (C=O) groups is 2. The number of piperazine rings is 1. The number of ketones is 1. The van der Waals surface area contributed by atoms with E-state index >= 15 is 0 Å². The van der Waals surface area contributed by atoms with E-state index in [-0.39, 0.29) is 12.1 Å². The van der Waals surface area contributed by atoms with Gasteiger partial charge in [0.05, 0.1) is 47.7 Å². The molecule has 13 nitrogen and oxygen atoms in total. The zero-order valence-electron chi connectivity index (χ0n) is 22.5. The van der Waals surface area contributed by atoms with Crippen molar-refractivity contribution in [2.45, 2.75) is 13.5 Å². The van der Waals surface area contributed by atoms with E-state index in [1.54, 1.807) is 16.5 Å². The van der Waals surface area contributed by atoms with Crippen molar-refractivity contribution in [3.63, 3.8) is 0 Å². The van der Waals surface area contributed by atoms with Crippen molar-refractivity contribution in [1.82, 2.24) is 39.4 Å². The first-order valence-electron chi connectivity index (χ1n) is 13.0. The number of fused-ring (bicyclic) bond motifs is 1. The third-order valence-corrected chi connectivity index (χ3v) is 7.07. The molecule has 1 amide bonds. The topological polar surface area (TPSA) is 151 Å². The molecule has 206 valence electrons. The number of nitrogens with zero attached hydrogens (tertiary/aromatic N) is 9. The summed E-state index contributed by atoms with van der Waals surface area (Å²) in [6, 6.07) is 11.9. The number of benzene rings is 1. The molecule has 0 unspecified atom stereocenters. The highest BCUT2D eigenvalue weighted by Crippen LogP contribution is 2.33. The monoisotopic (exact) mass is 550 g/mol. The SMILES string of the molecule is COc1cnc(-n2cnc(C)n2)c2[nH]cc(C(=O)C(=O)N3CCN(c4cn(CC#N)nc4-c4ccccc4)CC3)c12. The maximum absolute atomic E-state index is 13.5. The lowest BCUT2D eigenvalue weighted by atomic mass is 10.1. The molecule has 1 fully saturated rings. The van der Waals surface area contributed by atoms with Gasteiger partial charge in [0.1, 0.15) is 30.1 Å². The van der Waals surface area contributed by atoms with E-state index in [1.807, 2.05) is 36.5 Å². The number of H-pyrrole nitrogens is 1. The van der Waals surface area contributed by atoms with Crippen LogP contribution in [0.15, 0.2) is 55.2 Å². The number of hydrogen-bond donors (Lipinski definition) is 1. The summed E-state index contributed by atoms with van der Waals surface area (Å²) in [6.07, 6.45) is 6.39. The van der Waals surface area contributed by atoms with Crippen molar-refractivity contribution in [2.24, 2.45) is 0 Å². The number of anilines is 1. The van der Waals surface area contributed by atoms with E-state index in [9.17, 15) is 14.9 Å². The minimum absolute atomic E-state index is 0.134. The average molecular weight is 551 g/mol. The summed E-state index contributed by atoms with van der Waals surface area (Å²) >= 11 is 0. The first-order chi connectivity index (χ1) is 20.0. The Bertz CT molecular complexity index is 1790. The standard InChI is InChI=1S/C28H26N10O3/c1-18-32-17-38(33-18)27-25-23(22(41-2)15-31-27)20(14-30-25)26(39)28(40)36-12-10-35(11-13-36)21-16-37(9-8-29)34-24(21)19-6-4-3-5-7-19/h3-7,14-17,30H,9-13H2,1-2H3. The van der Waals surface area contributed by atoms with Crippen LogP contribution in [-0.2, 0) is 11.3 Å². The van der Waals surface area contributed by atoms with E-state index in [2.05, 4.69) is 36.1 Å². The molecule has 5 heterocycles. The summed E-state index contributed by atoms with van der Waals surface area (Å²) in [7, 11) is 1.49. The van der Waals surface area contributed by atoms with Gasteiger partial charge in [-0.2, -0.15) is 15.5 Å². The summed E-state index contributed by atoms with van der Waals surface area (Å²) in [4.78, 5) is 42.3. The number of Topliss-reactive ketones (excluding diaryl/α,β-unsaturated/α-hetero) is 1. The number of amides is 1. The van der Waals surface area contributed by atoms with Gasteiger partial charge in [-0.1, -0.05) is 30.3 Å². The molecule has 1 aliphatic rings. The minimum Gasteiger partial charge on any atom is -0.494 e. The summed E-state index contributed by atoms with van der Waals surface area (Å²) < 4.78 is 8.61. The molecular formula is C28H26N10O3. The van der Waals surface area contributed by atoms with Gasteiger partial charge >= 0.3 is 0 Å². The molecule has 6 rings (SSSR count). The Hall–Kier alpha value is -5.51. The number of nitriles is 1. The molecular weight excluding hydrogens is 524 g/mol. The summed E-state index contributed by atoms with van der Waals surface area (Å²) in [5.41, 5.74) is 3.31. The molecule has 13 heteroatoms. The number of methoxy groups -OCH3 is 1. The summed E-state index contributed by atoms with van der Waals surface area (Å²) in [5, 5.41) is 18.6. The Balaban J connectivity index is 1.23. The van der Waals surface area contributed by atoms with E-state index in [0.29, 0.717) is 54.5 Å². The summed E-state index contributed by atoms with van der Waals surface area (Å²) in [6.45, 7) is 3.62. The lowest BCUT2D eigenvalue weighted by Crippen LogP contribution is -2.50. The van der Waals surface area contributed by atoms with Crippen LogP contribution in [0.1, 0.15) is 16.2 Å². The lowest BCUT2D eigenvalue weighted by molar-refractivity contribution is -0.126. The van der Waals surface area contributed by atoms with Crippen molar-refractivity contribution in [1.29, 1.82) is 5.26 Å². The molecule has 0 aliphatic carbocycles. The van der Waals surface area contributed by atoms with E-state index in [1.165, 1.54) is 30.5 Å². The normalized spacial score (nSPS) is 13.4. The molecule has 0 bridgehead atoms. The highest BCUT2D eigenvalue weighted by atomic mass is 16.5. The molecule has 1 saturated heterocycles. The van der Waals surface area contributed by atoms with Gasteiger partial charge in [0, 0.05) is 37.9 Å². The van der Waals surface area contributed by atoms with Crippen LogP contribution in [0.4, 0.5) is 5.69 Å². The van der Waals surface area contributed by atoms with Crippen LogP contribution in [0.3, 0.4) is 0 Å². The van der Waals surface area contributed by atoms with Gasteiger partial charge in [-0.25, -0.2) is 14.6 Å². The number of rotatable bonds is 7. The Morgan fingerprint density at radius 1 is 1.10 bits per heavy atom. The molecule has 1 aliphatic heterocycles. The number of aromatic amines is 1. The van der Waals surface area contributed by atoms with E-state index in [0.717, 1.165) is 16.9 Å². The fraction of sp³-hybridized carbons (Fsp3) is 0.250. The first kappa shape index (κ1) is 25.8. The van der Waals surface area contributed by atoms with Gasteiger partial charge < -0.3 is 19.5 Å². The molecule has 1 N–H and O–H groups in total. The van der Waals surface area contributed by atoms with Crippen LogP contribution in [0.5, 0.6) is 5.75 Å². The number of hydrogen-bond acceptors (Lipinski definition) is 9. The quantitative estimate of drug-likeness (QED) is 0.238. The highest BCUT2D eigenvalue weighted by Gasteiger charge is 2.31. The average Bonchev–Trinajstić information content (AvgIpc) is 3.75. The van der Waals surface area contributed by atoms with Crippen LogP contribution in [-0.4, -0.2) is 84.4 Å². The zero-order valence-corrected chi connectivity index (χ0v) is 22.5. The van der Waals surface area contributed by atoms with Crippen LogP contribution in [0, 0.1) is 18.3 Å². The predicted molar refractivity (Wildman–Crippen MR) is 149 cm³/mol. The lowest BCUT2D eigenvalue weighted by Gasteiger charge is -2.35. The number of pyridine rings is 1. The van der Waals surface area contributed by atoms with Crippen molar-refractivity contribution in [3.8, 4) is 28.9 Å². The van der Waals surface area contributed by atoms with Gasteiger partial charge in [-0.3, -0.25) is 14.3 Å². The fourth-order valence-electron chi connectivity index (χ4n) is 5.07. The second-order valence-electron chi connectivity index (χ2n) is 9.53. The zero-order chi connectivity index (χ0) is 28.5. The third kappa shape index (κ3) is 4.65. The van der Waals surface area contributed by atoms with E-state index < -0.39 is 11.7 Å². The number of aromatic nitrogens is 7. The minimum atomic E-state index is -0.637. The van der Waals surface area contributed by atoms with Gasteiger partial charge in [0.25, 0.3) is 11.7 Å². The molecule has 41 heavy (non-hydrogen) atoms. The van der Waals surface area contributed by atoms with Gasteiger partial charge in [-0.05, 0) is 6.92 Å². The molecule has 5 aromatic rings. The smallest absolute Gasteiger partial charge is 0.295 e. The number of nitrogens with one attached hydrogen (secondary N) is 1. The Kier molecular flexibility index (Phi) is 6.64. The second kappa shape index (κ2) is 10.6. The maximum atomic E-state index is 13.5. The fourth-order valence-corrected chi connectivity index (χ4v) is 5.07. The van der Waals surface area contributed by atoms with Crippen LogP contribution in [0.25, 0.3) is 28.0 Å². The predicted octanol–water partition coefficient (Wildman–Crippen LogP) is 2.38. The van der Waals surface area contributed by atoms with Crippen LogP contribution < -0.4 is 9.64 Å². The molecule has 0 spiro atoms. The molecule has 0 radical (unpaired) electrons. The number of carbonyl (C=O) groups excluding carboxylic acids is 2. The largest absolute Gasteiger partial charge is 0.494 e. The number of ether oxygens (including phenoxy) is 1. The van der Waals surface area contributed by atoms with Crippen molar-refractivity contribution in [3.05, 3.63) is 66.6 Å². The van der Waals surface area contributed by atoms with Crippen LogP contribution in [0.2, 0.25) is 0 Å². The number of aryl methyl sites for hydroxylation is 1. The van der Waals surface area contributed by atoms with Crippen molar-refractivity contribution in [2.75, 3.05) is 38.2 Å². The highest BCUT2D eigenvalue weighted by molar-refractivity contribution is 6.45. The van der Waals surface area contributed by atoms with Gasteiger partial charge in [0.15, 0.2) is 5.82 Å². The van der Waals surface area contributed by atoms with E-state index in [4.69, 9.17) is 4.74 Å². The van der Waals surface area contributed by atoms with Gasteiger partial charge in [-0.15, -0.1) is 0 Å².